The Kier molecular flexibility index (Phi) is 4.02. The minimum Gasteiger partial charge on any atom is -0.396 e. The molecule has 0 aromatic heterocycles. The molecule has 1 unspecified atom stereocenters. The van der Waals surface area contributed by atoms with Crippen molar-refractivity contribution in [1.82, 2.24) is 5.32 Å². The highest BCUT2D eigenvalue weighted by molar-refractivity contribution is 5.95. The summed E-state index contributed by atoms with van der Waals surface area (Å²) < 4.78 is 0. The first-order valence-electron chi connectivity index (χ1n) is 6.61. The highest BCUT2D eigenvalue weighted by Crippen LogP contribution is 2.34. The third-order valence-electron chi connectivity index (χ3n) is 3.57. The van der Waals surface area contributed by atoms with Gasteiger partial charge in [0.2, 0.25) is 0 Å². The first kappa shape index (κ1) is 13.1. The molecule has 3 heteroatoms. The highest BCUT2D eigenvalue weighted by Gasteiger charge is 2.32. The van der Waals surface area contributed by atoms with E-state index >= 15 is 0 Å². The molecule has 0 bridgehead atoms. The Labute approximate surface area is 108 Å². The van der Waals surface area contributed by atoms with Gasteiger partial charge in [0.1, 0.15) is 0 Å². The third-order valence-corrected chi connectivity index (χ3v) is 3.57. The largest absolute Gasteiger partial charge is 0.396 e. The van der Waals surface area contributed by atoms with Crippen molar-refractivity contribution in [2.75, 3.05) is 6.61 Å². The Morgan fingerprint density at radius 3 is 2.72 bits per heavy atom. The van der Waals surface area contributed by atoms with Crippen LogP contribution in [0.25, 0.3) is 0 Å². The quantitative estimate of drug-likeness (QED) is 0.838. The average Bonchev–Trinajstić information content (AvgIpc) is 3.11. The smallest absolute Gasteiger partial charge is 0.251 e. The number of aliphatic hydroxyl groups excluding tert-OH is 1. The molecular formula is C15H21NO2. The average molecular weight is 247 g/mol. The number of hydrogen-bond acceptors (Lipinski definition) is 2. The van der Waals surface area contributed by atoms with Crippen LogP contribution < -0.4 is 5.32 Å². The lowest BCUT2D eigenvalue weighted by molar-refractivity contribution is 0.0923. The van der Waals surface area contributed by atoms with E-state index in [1.165, 1.54) is 0 Å². The minimum absolute atomic E-state index is 0.0159. The molecule has 1 aromatic carbocycles. The number of amides is 1. The zero-order valence-electron chi connectivity index (χ0n) is 11.1. The van der Waals surface area contributed by atoms with E-state index in [2.05, 4.69) is 5.32 Å². The molecule has 1 saturated carbocycles. The molecule has 2 rings (SSSR count). The van der Waals surface area contributed by atoms with Gasteiger partial charge in [-0.25, -0.2) is 0 Å². The number of nitrogens with one attached hydrogen (secondary N) is 1. The summed E-state index contributed by atoms with van der Waals surface area (Å²) in [6, 6.07) is 5.99. The Balaban J connectivity index is 2.05. The van der Waals surface area contributed by atoms with Crippen LogP contribution in [0.4, 0.5) is 0 Å². The lowest BCUT2D eigenvalue weighted by atomic mass is 10.0. The molecule has 98 valence electrons. The van der Waals surface area contributed by atoms with Crippen LogP contribution in [0.2, 0.25) is 0 Å². The molecule has 1 aliphatic carbocycles. The Morgan fingerprint density at radius 2 is 2.17 bits per heavy atom. The van der Waals surface area contributed by atoms with Crippen LogP contribution in [0.5, 0.6) is 0 Å². The van der Waals surface area contributed by atoms with Crippen LogP contribution >= 0.6 is 0 Å². The lowest BCUT2D eigenvalue weighted by Gasteiger charge is -2.18. The van der Waals surface area contributed by atoms with Crippen molar-refractivity contribution in [1.29, 1.82) is 0 Å². The second-order valence-corrected chi connectivity index (χ2v) is 5.25. The van der Waals surface area contributed by atoms with Crippen molar-refractivity contribution >= 4 is 5.91 Å². The summed E-state index contributed by atoms with van der Waals surface area (Å²) in [5, 5.41) is 12.1. The molecule has 18 heavy (non-hydrogen) atoms. The van der Waals surface area contributed by atoms with Gasteiger partial charge >= 0.3 is 0 Å². The number of benzene rings is 1. The predicted molar refractivity (Wildman–Crippen MR) is 71.6 cm³/mol. The van der Waals surface area contributed by atoms with Crippen molar-refractivity contribution in [2.24, 2.45) is 5.92 Å². The summed E-state index contributed by atoms with van der Waals surface area (Å²) in [6.07, 6.45) is 2.98. The lowest BCUT2D eigenvalue weighted by Crippen LogP contribution is -2.37. The first-order chi connectivity index (χ1) is 8.61. The van der Waals surface area contributed by atoms with Crippen molar-refractivity contribution < 1.29 is 9.90 Å². The van der Waals surface area contributed by atoms with Crippen molar-refractivity contribution in [3.8, 4) is 0 Å². The van der Waals surface area contributed by atoms with E-state index in [-0.39, 0.29) is 18.6 Å². The summed E-state index contributed by atoms with van der Waals surface area (Å²) in [5.41, 5.74) is 2.91. The molecule has 1 fully saturated rings. The predicted octanol–water partition coefficient (Wildman–Crippen LogP) is 2.19. The first-order valence-corrected chi connectivity index (χ1v) is 6.61. The van der Waals surface area contributed by atoms with E-state index in [9.17, 15) is 4.79 Å². The standard InChI is InChI=1S/C15H21NO2/c1-10-3-6-13(11(2)9-10)15(18)16-14(7-8-17)12-4-5-12/h3,6,9,12,14,17H,4-5,7-8H2,1-2H3,(H,16,18). The van der Waals surface area contributed by atoms with Gasteiger partial charge in [-0.3, -0.25) is 4.79 Å². The zero-order valence-corrected chi connectivity index (χ0v) is 11.1. The molecule has 0 saturated heterocycles. The summed E-state index contributed by atoms with van der Waals surface area (Å²) >= 11 is 0. The van der Waals surface area contributed by atoms with Crippen LogP contribution in [0.15, 0.2) is 18.2 Å². The zero-order chi connectivity index (χ0) is 13.1. The second kappa shape index (κ2) is 5.53. The van der Waals surface area contributed by atoms with E-state index in [4.69, 9.17) is 5.11 Å². The van der Waals surface area contributed by atoms with Crippen LogP contribution in [-0.4, -0.2) is 23.7 Å². The Morgan fingerprint density at radius 1 is 1.44 bits per heavy atom. The van der Waals surface area contributed by atoms with E-state index in [0.717, 1.165) is 29.5 Å². The number of aliphatic hydroxyl groups is 1. The summed E-state index contributed by atoms with van der Waals surface area (Å²) in [6.45, 7) is 4.11. The van der Waals surface area contributed by atoms with Crippen molar-refractivity contribution in [3.05, 3.63) is 34.9 Å². The molecule has 1 aliphatic rings. The van der Waals surface area contributed by atoms with Crippen molar-refractivity contribution in [2.45, 2.75) is 39.2 Å². The van der Waals surface area contributed by atoms with Gasteiger partial charge in [-0.15, -0.1) is 0 Å². The van der Waals surface area contributed by atoms with Gasteiger partial charge < -0.3 is 10.4 Å². The topological polar surface area (TPSA) is 49.3 Å². The van der Waals surface area contributed by atoms with Crippen LogP contribution in [0.1, 0.15) is 40.7 Å². The van der Waals surface area contributed by atoms with Gasteiger partial charge in [-0.1, -0.05) is 17.7 Å². The maximum absolute atomic E-state index is 12.2. The Hall–Kier alpha value is -1.35. The van der Waals surface area contributed by atoms with E-state index < -0.39 is 0 Å². The number of aryl methyl sites for hydroxylation is 2. The molecule has 0 spiro atoms. The SMILES string of the molecule is Cc1ccc(C(=O)NC(CCO)C2CC2)c(C)c1. The highest BCUT2D eigenvalue weighted by atomic mass is 16.3. The summed E-state index contributed by atoms with van der Waals surface area (Å²) in [4.78, 5) is 12.2. The molecule has 2 N–H and O–H groups in total. The van der Waals surface area contributed by atoms with Crippen LogP contribution in [0, 0.1) is 19.8 Å². The molecule has 0 radical (unpaired) electrons. The van der Waals surface area contributed by atoms with Crippen molar-refractivity contribution in [3.63, 3.8) is 0 Å². The fourth-order valence-electron chi connectivity index (χ4n) is 2.38. The Bertz CT molecular complexity index is 438. The number of hydrogen-bond donors (Lipinski definition) is 2. The van der Waals surface area contributed by atoms with Gasteiger partial charge in [0, 0.05) is 18.2 Å². The fourth-order valence-corrected chi connectivity index (χ4v) is 2.38. The number of carbonyl (C=O) groups excluding carboxylic acids is 1. The van der Waals surface area contributed by atoms with E-state index in [0.29, 0.717) is 12.3 Å². The molecule has 0 aliphatic heterocycles. The normalized spacial score (nSPS) is 16.4. The molecule has 0 heterocycles. The summed E-state index contributed by atoms with van der Waals surface area (Å²) in [7, 11) is 0. The van der Waals surface area contributed by atoms with Crippen LogP contribution in [0.3, 0.4) is 0 Å². The minimum atomic E-state index is -0.0159. The number of rotatable bonds is 5. The second-order valence-electron chi connectivity index (χ2n) is 5.25. The van der Waals surface area contributed by atoms with Crippen LogP contribution in [-0.2, 0) is 0 Å². The molecule has 3 nitrogen and oxygen atoms in total. The third kappa shape index (κ3) is 3.10. The molecule has 1 aromatic rings. The van der Waals surface area contributed by atoms with Gasteiger partial charge in [0.15, 0.2) is 0 Å². The van der Waals surface area contributed by atoms with Gasteiger partial charge in [0.05, 0.1) is 0 Å². The molecular weight excluding hydrogens is 226 g/mol. The molecule has 1 amide bonds. The van der Waals surface area contributed by atoms with E-state index in [1.54, 1.807) is 0 Å². The number of carbonyl (C=O) groups is 1. The maximum atomic E-state index is 12.2. The maximum Gasteiger partial charge on any atom is 0.251 e. The fraction of sp³-hybridized carbons (Fsp3) is 0.533. The van der Waals surface area contributed by atoms with Gasteiger partial charge in [-0.05, 0) is 50.7 Å². The van der Waals surface area contributed by atoms with E-state index in [1.807, 2.05) is 32.0 Å². The molecule has 1 atom stereocenters. The van der Waals surface area contributed by atoms with Gasteiger partial charge in [-0.2, -0.15) is 0 Å². The summed E-state index contributed by atoms with van der Waals surface area (Å²) in [5.74, 6) is 0.546. The van der Waals surface area contributed by atoms with Gasteiger partial charge in [0.25, 0.3) is 5.91 Å². The monoisotopic (exact) mass is 247 g/mol.